The molecule has 2 amide bonds. The van der Waals surface area contributed by atoms with Crippen molar-refractivity contribution in [3.8, 4) is 0 Å². The Balaban J connectivity index is 1.68. The maximum atomic E-state index is 12.0. The first kappa shape index (κ1) is 20.0. The highest BCUT2D eigenvalue weighted by Gasteiger charge is 2.11. The molecule has 2 aromatic heterocycles. The van der Waals surface area contributed by atoms with Crippen LogP contribution in [0, 0.1) is 39.5 Å². The Labute approximate surface area is 156 Å². The van der Waals surface area contributed by atoms with Gasteiger partial charge in [-0.25, -0.2) is 4.79 Å². The first-order valence-electron chi connectivity index (χ1n) is 9.28. The minimum absolute atomic E-state index is 0.120. The lowest BCUT2D eigenvalue weighted by atomic mass is 10.2. The lowest BCUT2D eigenvalue weighted by Gasteiger charge is -2.16. The van der Waals surface area contributed by atoms with Gasteiger partial charge >= 0.3 is 6.03 Å². The molecule has 2 N–H and O–H groups in total. The standard InChI is InChI=1S/C19H32N6O/c1-13(11-24-17(5)7-15(3)22-24)9-20-19(26)21-10-14(2)12-25-18(6)8-16(4)23-25/h7-8,13-14H,9-12H2,1-6H3,(H2,20,21,26)/t13-,14+. The monoisotopic (exact) mass is 360 g/mol. The number of rotatable bonds is 8. The minimum atomic E-state index is -0.120. The SMILES string of the molecule is Cc1cc(C)n(C[C@H](C)CNC(=O)NC[C@H](C)Cn2nc(C)cc2C)n1. The molecule has 144 valence electrons. The van der Waals surface area contributed by atoms with Crippen LogP contribution >= 0.6 is 0 Å². The zero-order valence-corrected chi connectivity index (χ0v) is 16.8. The van der Waals surface area contributed by atoms with Crippen LogP contribution in [0.2, 0.25) is 0 Å². The van der Waals surface area contributed by atoms with Gasteiger partial charge < -0.3 is 10.6 Å². The van der Waals surface area contributed by atoms with Crippen molar-refractivity contribution in [2.24, 2.45) is 11.8 Å². The smallest absolute Gasteiger partial charge is 0.314 e. The minimum Gasteiger partial charge on any atom is -0.338 e. The van der Waals surface area contributed by atoms with Gasteiger partial charge in [0.25, 0.3) is 0 Å². The maximum absolute atomic E-state index is 12.0. The van der Waals surface area contributed by atoms with E-state index in [4.69, 9.17) is 0 Å². The van der Waals surface area contributed by atoms with Crippen LogP contribution in [0.5, 0.6) is 0 Å². The van der Waals surface area contributed by atoms with Crippen LogP contribution in [-0.4, -0.2) is 38.7 Å². The van der Waals surface area contributed by atoms with E-state index in [-0.39, 0.29) is 6.03 Å². The van der Waals surface area contributed by atoms with E-state index in [1.54, 1.807) is 0 Å². The Hall–Kier alpha value is -2.31. The Morgan fingerprint density at radius 1 is 0.885 bits per heavy atom. The summed E-state index contributed by atoms with van der Waals surface area (Å²) in [5.41, 5.74) is 4.35. The third-order valence-corrected chi connectivity index (χ3v) is 4.40. The summed E-state index contributed by atoms with van der Waals surface area (Å²) in [6.45, 7) is 15.2. The van der Waals surface area contributed by atoms with E-state index in [0.29, 0.717) is 24.9 Å². The zero-order chi connectivity index (χ0) is 19.3. The van der Waals surface area contributed by atoms with Gasteiger partial charge in [0.1, 0.15) is 0 Å². The molecule has 7 nitrogen and oxygen atoms in total. The normalized spacial score (nSPS) is 13.5. The van der Waals surface area contributed by atoms with E-state index >= 15 is 0 Å². The van der Waals surface area contributed by atoms with Gasteiger partial charge in [-0.15, -0.1) is 0 Å². The zero-order valence-electron chi connectivity index (χ0n) is 16.8. The molecule has 0 aliphatic carbocycles. The molecular formula is C19H32N6O. The molecule has 0 aliphatic heterocycles. The summed E-state index contributed by atoms with van der Waals surface area (Å²) >= 11 is 0. The largest absolute Gasteiger partial charge is 0.338 e. The van der Waals surface area contributed by atoms with E-state index in [1.165, 1.54) is 0 Å². The van der Waals surface area contributed by atoms with Gasteiger partial charge in [0.2, 0.25) is 0 Å². The molecule has 0 aliphatic rings. The van der Waals surface area contributed by atoms with Crippen LogP contribution in [0.3, 0.4) is 0 Å². The number of aromatic nitrogens is 4. The first-order valence-corrected chi connectivity index (χ1v) is 9.28. The summed E-state index contributed by atoms with van der Waals surface area (Å²) in [7, 11) is 0. The van der Waals surface area contributed by atoms with Crippen molar-refractivity contribution < 1.29 is 4.79 Å². The van der Waals surface area contributed by atoms with Crippen LogP contribution in [-0.2, 0) is 13.1 Å². The average Bonchev–Trinajstić information content (AvgIpc) is 3.03. The second-order valence-corrected chi connectivity index (χ2v) is 7.52. The van der Waals surface area contributed by atoms with Crippen molar-refractivity contribution >= 4 is 6.03 Å². The van der Waals surface area contributed by atoms with Crippen molar-refractivity contribution in [2.75, 3.05) is 13.1 Å². The number of aryl methyl sites for hydroxylation is 4. The number of hydrogen-bond donors (Lipinski definition) is 2. The average molecular weight is 361 g/mol. The third-order valence-electron chi connectivity index (χ3n) is 4.40. The van der Waals surface area contributed by atoms with Gasteiger partial charge in [0.05, 0.1) is 11.4 Å². The number of carbonyl (C=O) groups is 1. The maximum Gasteiger partial charge on any atom is 0.314 e. The van der Waals surface area contributed by atoms with Gasteiger partial charge in [0.15, 0.2) is 0 Å². The van der Waals surface area contributed by atoms with Gasteiger partial charge in [-0.3, -0.25) is 9.36 Å². The molecule has 2 rings (SSSR count). The summed E-state index contributed by atoms with van der Waals surface area (Å²) in [5, 5.41) is 14.8. The molecule has 2 heterocycles. The number of nitrogens with zero attached hydrogens (tertiary/aromatic N) is 4. The first-order chi connectivity index (χ1) is 12.2. The Kier molecular flexibility index (Phi) is 6.83. The fourth-order valence-electron chi connectivity index (χ4n) is 3.04. The highest BCUT2D eigenvalue weighted by atomic mass is 16.2. The van der Waals surface area contributed by atoms with Crippen molar-refractivity contribution in [3.05, 3.63) is 34.9 Å². The topological polar surface area (TPSA) is 76.8 Å². The second kappa shape index (κ2) is 8.87. The van der Waals surface area contributed by atoms with E-state index in [2.05, 4.69) is 60.7 Å². The highest BCUT2D eigenvalue weighted by Crippen LogP contribution is 2.07. The van der Waals surface area contributed by atoms with Gasteiger partial charge in [0, 0.05) is 37.6 Å². The lowest BCUT2D eigenvalue weighted by Crippen LogP contribution is -2.40. The van der Waals surface area contributed by atoms with Gasteiger partial charge in [-0.05, 0) is 51.7 Å². The summed E-state index contributed by atoms with van der Waals surface area (Å²) in [6.07, 6.45) is 0. The molecule has 0 saturated heterocycles. The molecule has 0 fully saturated rings. The predicted octanol–water partition coefficient (Wildman–Crippen LogP) is 2.58. The predicted molar refractivity (Wildman–Crippen MR) is 103 cm³/mol. The van der Waals surface area contributed by atoms with E-state index in [0.717, 1.165) is 35.9 Å². The fourth-order valence-corrected chi connectivity index (χ4v) is 3.04. The molecule has 2 atom stereocenters. The lowest BCUT2D eigenvalue weighted by molar-refractivity contribution is 0.236. The number of hydrogen-bond acceptors (Lipinski definition) is 3. The molecule has 0 aromatic carbocycles. The molecule has 0 spiro atoms. The Morgan fingerprint density at radius 2 is 1.27 bits per heavy atom. The van der Waals surface area contributed by atoms with E-state index in [9.17, 15) is 4.79 Å². The van der Waals surface area contributed by atoms with Crippen molar-refractivity contribution in [2.45, 2.75) is 54.6 Å². The number of nitrogens with one attached hydrogen (secondary N) is 2. The molecule has 0 unspecified atom stereocenters. The van der Waals surface area contributed by atoms with Crippen LogP contribution in [0.1, 0.15) is 36.6 Å². The Morgan fingerprint density at radius 3 is 1.58 bits per heavy atom. The summed E-state index contributed by atoms with van der Waals surface area (Å²) < 4.78 is 3.99. The van der Waals surface area contributed by atoms with Crippen LogP contribution in [0.4, 0.5) is 4.79 Å². The molecule has 7 heteroatoms. The molecule has 26 heavy (non-hydrogen) atoms. The quantitative estimate of drug-likeness (QED) is 0.760. The summed E-state index contributed by atoms with van der Waals surface area (Å²) in [4.78, 5) is 12.0. The van der Waals surface area contributed by atoms with Gasteiger partial charge in [-0.2, -0.15) is 10.2 Å². The van der Waals surface area contributed by atoms with E-state index in [1.807, 2.05) is 23.2 Å². The molecule has 2 aromatic rings. The van der Waals surface area contributed by atoms with Crippen LogP contribution in [0.25, 0.3) is 0 Å². The fraction of sp³-hybridized carbons (Fsp3) is 0.632. The van der Waals surface area contributed by atoms with Crippen molar-refractivity contribution in [1.29, 1.82) is 0 Å². The molecule has 0 radical (unpaired) electrons. The molecular weight excluding hydrogens is 328 g/mol. The van der Waals surface area contributed by atoms with Gasteiger partial charge in [-0.1, -0.05) is 13.8 Å². The number of carbonyl (C=O) groups excluding carboxylic acids is 1. The van der Waals surface area contributed by atoms with Crippen LogP contribution in [0.15, 0.2) is 12.1 Å². The Bertz CT molecular complexity index is 672. The molecule has 0 saturated carbocycles. The number of amides is 2. The van der Waals surface area contributed by atoms with Crippen molar-refractivity contribution in [1.82, 2.24) is 30.2 Å². The van der Waals surface area contributed by atoms with Crippen LogP contribution < -0.4 is 10.6 Å². The molecule has 0 bridgehead atoms. The van der Waals surface area contributed by atoms with E-state index < -0.39 is 0 Å². The summed E-state index contributed by atoms with van der Waals surface area (Å²) in [6, 6.07) is 4.01. The summed E-state index contributed by atoms with van der Waals surface area (Å²) in [5.74, 6) is 0.622. The third kappa shape index (κ3) is 5.89. The van der Waals surface area contributed by atoms with Crippen molar-refractivity contribution in [3.63, 3.8) is 0 Å². The second-order valence-electron chi connectivity index (χ2n) is 7.52. The number of urea groups is 1. The highest BCUT2D eigenvalue weighted by molar-refractivity contribution is 5.73.